The number of phenols is 1. The van der Waals surface area contributed by atoms with Gasteiger partial charge in [0.05, 0.1) is 6.10 Å². The van der Waals surface area contributed by atoms with E-state index in [0.717, 1.165) is 5.56 Å². The third-order valence-corrected chi connectivity index (χ3v) is 3.15. The second kappa shape index (κ2) is 5.50. The van der Waals surface area contributed by atoms with Gasteiger partial charge in [-0.1, -0.05) is 28.1 Å². The average Bonchev–Trinajstić information content (AvgIpc) is 2.32. The second-order valence-corrected chi connectivity index (χ2v) is 4.97. The highest BCUT2D eigenvalue weighted by atomic mass is 79.9. The van der Waals surface area contributed by atoms with Crippen molar-refractivity contribution in [3.63, 3.8) is 0 Å². The minimum Gasteiger partial charge on any atom is -0.508 e. The summed E-state index contributed by atoms with van der Waals surface area (Å²) < 4.78 is 14.3. The molecule has 18 heavy (non-hydrogen) atoms. The van der Waals surface area contributed by atoms with Crippen molar-refractivity contribution in [2.75, 3.05) is 0 Å². The van der Waals surface area contributed by atoms with Crippen molar-refractivity contribution in [3.05, 3.63) is 63.9 Å². The summed E-state index contributed by atoms with van der Waals surface area (Å²) in [6.07, 6.45) is -0.689. The molecule has 0 amide bonds. The Hall–Kier alpha value is -1.39. The summed E-state index contributed by atoms with van der Waals surface area (Å²) in [4.78, 5) is 0. The summed E-state index contributed by atoms with van der Waals surface area (Å²) in [5.74, 6) is -0.305. The average molecular weight is 311 g/mol. The monoisotopic (exact) mass is 310 g/mol. The zero-order valence-corrected chi connectivity index (χ0v) is 11.1. The molecular formula is C14H12BrFO2. The van der Waals surface area contributed by atoms with Crippen LogP contribution in [0.15, 0.2) is 46.9 Å². The van der Waals surface area contributed by atoms with E-state index in [0.29, 0.717) is 4.47 Å². The Morgan fingerprint density at radius 2 is 1.94 bits per heavy atom. The van der Waals surface area contributed by atoms with E-state index in [-0.39, 0.29) is 17.7 Å². The molecule has 2 N–H and O–H groups in total. The number of aromatic hydroxyl groups is 1. The van der Waals surface area contributed by atoms with Gasteiger partial charge in [0.15, 0.2) is 0 Å². The predicted molar refractivity (Wildman–Crippen MR) is 70.9 cm³/mol. The maximum absolute atomic E-state index is 13.6. The van der Waals surface area contributed by atoms with Gasteiger partial charge in [-0.25, -0.2) is 4.39 Å². The van der Waals surface area contributed by atoms with Crippen molar-refractivity contribution in [3.8, 4) is 5.75 Å². The molecule has 2 nitrogen and oxygen atoms in total. The summed E-state index contributed by atoms with van der Waals surface area (Å²) in [5.41, 5.74) is 0.995. The molecule has 4 heteroatoms. The summed E-state index contributed by atoms with van der Waals surface area (Å²) in [6.45, 7) is 0. The van der Waals surface area contributed by atoms with Gasteiger partial charge in [-0.3, -0.25) is 0 Å². The van der Waals surface area contributed by atoms with Gasteiger partial charge in [-0.05, 0) is 35.9 Å². The molecule has 0 saturated carbocycles. The Balaban J connectivity index is 2.21. The van der Waals surface area contributed by atoms with Crippen LogP contribution in [0.25, 0.3) is 0 Å². The first-order valence-corrected chi connectivity index (χ1v) is 6.26. The van der Waals surface area contributed by atoms with Crippen LogP contribution in [0.2, 0.25) is 0 Å². The Morgan fingerprint density at radius 3 is 2.67 bits per heavy atom. The lowest BCUT2D eigenvalue weighted by atomic mass is 10.0. The van der Waals surface area contributed by atoms with Gasteiger partial charge in [0.2, 0.25) is 0 Å². The molecule has 2 aromatic carbocycles. The smallest absolute Gasteiger partial charge is 0.129 e. The molecular weight excluding hydrogens is 299 g/mol. The predicted octanol–water partition coefficient (Wildman–Crippen LogP) is 3.57. The zero-order valence-electron chi connectivity index (χ0n) is 9.48. The number of phenolic OH excluding ortho intramolecular Hbond substituents is 1. The van der Waals surface area contributed by atoms with E-state index in [4.69, 9.17) is 0 Å². The normalized spacial score (nSPS) is 12.4. The standard InChI is InChI=1S/C14H12BrFO2/c15-10-4-5-13(16)12(8-10)14(18)7-9-2-1-3-11(17)6-9/h1-6,8,14,17-18H,7H2. The van der Waals surface area contributed by atoms with E-state index >= 15 is 0 Å². The van der Waals surface area contributed by atoms with Crippen LogP contribution in [0, 0.1) is 5.82 Å². The lowest BCUT2D eigenvalue weighted by molar-refractivity contribution is 0.173. The quantitative estimate of drug-likeness (QED) is 0.910. The molecule has 0 aromatic heterocycles. The van der Waals surface area contributed by atoms with Crippen molar-refractivity contribution in [2.24, 2.45) is 0 Å². The fourth-order valence-electron chi connectivity index (χ4n) is 1.79. The number of benzene rings is 2. The maximum atomic E-state index is 13.6. The number of halogens is 2. The van der Waals surface area contributed by atoms with Crippen molar-refractivity contribution in [1.29, 1.82) is 0 Å². The Labute approximate surface area is 113 Å². The lowest BCUT2D eigenvalue weighted by Gasteiger charge is -2.12. The van der Waals surface area contributed by atoms with Gasteiger partial charge in [-0.2, -0.15) is 0 Å². The fraction of sp³-hybridized carbons (Fsp3) is 0.143. The highest BCUT2D eigenvalue weighted by Crippen LogP contribution is 2.25. The Kier molecular flexibility index (Phi) is 3.99. The van der Waals surface area contributed by atoms with E-state index in [1.807, 2.05) is 0 Å². The minimum atomic E-state index is -0.940. The van der Waals surface area contributed by atoms with E-state index < -0.39 is 11.9 Å². The first-order chi connectivity index (χ1) is 8.56. The van der Waals surface area contributed by atoms with Crippen molar-refractivity contribution in [2.45, 2.75) is 12.5 Å². The largest absolute Gasteiger partial charge is 0.508 e. The molecule has 2 aromatic rings. The molecule has 0 saturated heterocycles. The Morgan fingerprint density at radius 1 is 1.17 bits per heavy atom. The third kappa shape index (κ3) is 3.09. The molecule has 1 unspecified atom stereocenters. The second-order valence-electron chi connectivity index (χ2n) is 4.06. The molecule has 2 rings (SSSR count). The van der Waals surface area contributed by atoms with Crippen LogP contribution in [-0.4, -0.2) is 10.2 Å². The molecule has 0 aliphatic rings. The van der Waals surface area contributed by atoms with Gasteiger partial charge in [0.1, 0.15) is 11.6 Å². The van der Waals surface area contributed by atoms with Crippen LogP contribution in [0.1, 0.15) is 17.2 Å². The van der Waals surface area contributed by atoms with Gasteiger partial charge in [0, 0.05) is 16.5 Å². The van der Waals surface area contributed by atoms with E-state index in [1.54, 1.807) is 36.4 Å². The fourth-order valence-corrected chi connectivity index (χ4v) is 2.17. The molecule has 0 fully saturated rings. The van der Waals surface area contributed by atoms with Gasteiger partial charge >= 0.3 is 0 Å². The van der Waals surface area contributed by atoms with Crippen LogP contribution < -0.4 is 0 Å². The molecule has 0 aliphatic carbocycles. The SMILES string of the molecule is Oc1cccc(CC(O)c2cc(Br)ccc2F)c1. The van der Waals surface area contributed by atoms with Crippen LogP contribution in [0.3, 0.4) is 0 Å². The van der Waals surface area contributed by atoms with Crippen LogP contribution in [0.5, 0.6) is 5.75 Å². The number of hydrogen-bond donors (Lipinski definition) is 2. The van der Waals surface area contributed by atoms with Crippen LogP contribution in [-0.2, 0) is 6.42 Å². The third-order valence-electron chi connectivity index (χ3n) is 2.66. The lowest BCUT2D eigenvalue weighted by Crippen LogP contribution is -2.04. The summed E-state index contributed by atoms with van der Waals surface area (Å²) in [6, 6.07) is 11.0. The van der Waals surface area contributed by atoms with E-state index in [1.165, 1.54) is 6.07 Å². The van der Waals surface area contributed by atoms with Gasteiger partial charge < -0.3 is 10.2 Å². The molecule has 0 aliphatic heterocycles. The molecule has 0 radical (unpaired) electrons. The highest BCUT2D eigenvalue weighted by molar-refractivity contribution is 9.10. The Bertz CT molecular complexity index is 557. The van der Waals surface area contributed by atoms with Crippen LogP contribution in [0.4, 0.5) is 4.39 Å². The summed E-state index contributed by atoms with van der Waals surface area (Å²) >= 11 is 3.24. The van der Waals surface area contributed by atoms with E-state index in [9.17, 15) is 14.6 Å². The molecule has 0 spiro atoms. The molecule has 1 atom stereocenters. The topological polar surface area (TPSA) is 40.5 Å². The summed E-state index contributed by atoms with van der Waals surface area (Å²) in [7, 11) is 0. The number of aliphatic hydroxyl groups is 1. The number of aliphatic hydroxyl groups excluding tert-OH is 1. The van der Waals surface area contributed by atoms with Crippen molar-refractivity contribution in [1.82, 2.24) is 0 Å². The van der Waals surface area contributed by atoms with Crippen molar-refractivity contribution >= 4 is 15.9 Å². The first-order valence-electron chi connectivity index (χ1n) is 5.47. The molecule has 0 bridgehead atoms. The number of rotatable bonds is 3. The van der Waals surface area contributed by atoms with Crippen LogP contribution >= 0.6 is 15.9 Å². The highest BCUT2D eigenvalue weighted by Gasteiger charge is 2.14. The van der Waals surface area contributed by atoms with Gasteiger partial charge in [-0.15, -0.1) is 0 Å². The summed E-state index contributed by atoms with van der Waals surface area (Å²) in [5, 5.41) is 19.4. The van der Waals surface area contributed by atoms with E-state index in [2.05, 4.69) is 15.9 Å². The minimum absolute atomic E-state index is 0.134. The number of hydrogen-bond acceptors (Lipinski definition) is 2. The zero-order chi connectivity index (χ0) is 13.1. The maximum Gasteiger partial charge on any atom is 0.129 e. The molecule has 0 heterocycles. The van der Waals surface area contributed by atoms with Gasteiger partial charge in [0.25, 0.3) is 0 Å². The first kappa shape index (κ1) is 13.1. The molecule has 94 valence electrons. The van der Waals surface area contributed by atoms with Crippen molar-refractivity contribution < 1.29 is 14.6 Å².